The van der Waals surface area contributed by atoms with Gasteiger partial charge in [0.15, 0.2) is 11.5 Å². The first-order valence-electron chi connectivity index (χ1n) is 8.15. The second-order valence-electron chi connectivity index (χ2n) is 5.80. The molecule has 2 rings (SSSR count). The van der Waals surface area contributed by atoms with Crippen LogP contribution >= 0.6 is 0 Å². The second-order valence-corrected chi connectivity index (χ2v) is 5.80. The molecular formula is C19H24N2O4. The molecule has 0 heterocycles. The largest absolute Gasteiger partial charge is 0.504 e. The predicted octanol–water partition coefficient (Wildman–Crippen LogP) is 2.50. The Kier molecular flexibility index (Phi) is 6.51. The number of methoxy groups -OCH3 is 1. The van der Waals surface area contributed by atoms with E-state index < -0.39 is 0 Å². The maximum atomic E-state index is 11.8. The summed E-state index contributed by atoms with van der Waals surface area (Å²) in [5, 5.41) is 24.5. The second kappa shape index (κ2) is 8.82. The highest BCUT2D eigenvalue weighted by atomic mass is 16.5. The van der Waals surface area contributed by atoms with Crippen molar-refractivity contribution in [2.24, 2.45) is 0 Å². The van der Waals surface area contributed by atoms with Crippen molar-refractivity contribution < 1.29 is 19.7 Å². The molecule has 2 aromatic carbocycles. The molecule has 0 saturated carbocycles. The number of aromatic hydroxyl groups is 2. The van der Waals surface area contributed by atoms with Crippen LogP contribution in [-0.2, 0) is 12.8 Å². The number of hydrogen-bond donors (Lipinski definition) is 4. The first-order valence-corrected chi connectivity index (χ1v) is 8.15. The summed E-state index contributed by atoms with van der Waals surface area (Å²) in [6, 6.07) is 10.5. The minimum atomic E-state index is -0.228. The quantitative estimate of drug-likeness (QED) is 0.581. The molecule has 0 aromatic heterocycles. The maximum Gasteiger partial charge on any atom is 0.314 e. The van der Waals surface area contributed by atoms with E-state index in [0.717, 1.165) is 28.9 Å². The molecule has 0 bridgehead atoms. The van der Waals surface area contributed by atoms with Crippen LogP contribution in [0.1, 0.15) is 16.7 Å². The molecule has 134 valence electrons. The molecule has 2 amide bonds. The van der Waals surface area contributed by atoms with Crippen molar-refractivity contribution in [3.63, 3.8) is 0 Å². The third kappa shape index (κ3) is 5.60. The zero-order valence-corrected chi connectivity index (χ0v) is 14.5. The summed E-state index contributed by atoms with van der Waals surface area (Å²) in [6.45, 7) is 2.83. The average molecular weight is 344 g/mol. The lowest BCUT2D eigenvalue weighted by atomic mass is 10.0. The lowest BCUT2D eigenvalue weighted by molar-refractivity contribution is 0.241. The van der Waals surface area contributed by atoms with E-state index in [9.17, 15) is 15.0 Å². The van der Waals surface area contributed by atoms with Gasteiger partial charge in [0.2, 0.25) is 0 Å². The van der Waals surface area contributed by atoms with Crippen LogP contribution in [0.15, 0.2) is 36.4 Å². The molecule has 4 N–H and O–H groups in total. The molecular weight excluding hydrogens is 320 g/mol. The van der Waals surface area contributed by atoms with Gasteiger partial charge in [0.05, 0.1) is 7.11 Å². The summed E-state index contributed by atoms with van der Waals surface area (Å²) in [4.78, 5) is 11.8. The molecule has 0 saturated heterocycles. The topological polar surface area (TPSA) is 90.8 Å². The molecule has 2 aromatic rings. The van der Waals surface area contributed by atoms with E-state index in [2.05, 4.69) is 10.6 Å². The van der Waals surface area contributed by atoms with Gasteiger partial charge in [-0.2, -0.15) is 0 Å². The van der Waals surface area contributed by atoms with E-state index in [-0.39, 0.29) is 17.5 Å². The van der Waals surface area contributed by atoms with Crippen LogP contribution in [0.3, 0.4) is 0 Å². The molecule has 0 aliphatic rings. The van der Waals surface area contributed by atoms with Crippen LogP contribution in [0.5, 0.6) is 17.2 Å². The fourth-order valence-corrected chi connectivity index (χ4v) is 2.48. The van der Waals surface area contributed by atoms with Crippen LogP contribution in [0.2, 0.25) is 0 Å². The SMILES string of the molecule is COc1ccc(CCNC(=O)NCCc2cc(O)c(O)cc2C)cc1. The summed E-state index contributed by atoms with van der Waals surface area (Å²) in [7, 11) is 1.63. The molecule has 0 unspecified atom stereocenters. The van der Waals surface area contributed by atoms with Crippen LogP contribution < -0.4 is 15.4 Å². The lowest BCUT2D eigenvalue weighted by Crippen LogP contribution is -2.37. The van der Waals surface area contributed by atoms with Crippen molar-refractivity contribution >= 4 is 6.03 Å². The zero-order chi connectivity index (χ0) is 18.2. The first-order chi connectivity index (χ1) is 12.0. The summed E-state index contributed by atoms with van der Waals surface area (Å²) in [5.74, 6) is 0.528. The Bertz CT molecular complexity index is 714. The highest BCUT2D eigenvalue weighted by molar-refractivity contribution is 5.73. The van der Waals surface area contributed by atoms with Crippen LogP contribution in [0, 0.1) is 6.92 Å². The molecule has 0 aliphatic carbocycles. The highest BCUT2D eigenvalue weighted by Crippen LogP contribution is 2.27. The Balaban J connectivity index is 1.69. The molecule has 0 spiro atoms. The van der Waals surface area contributed by atoms with Gasteiger partial charge in [0, 0.05) is 13.1 Å². The Morgan fingerprint density at radius 3 is 2.24 bits per heavy atom. The third-order valence-electron chi connectivity index (χ3n) is 3.97. The smallest absolute Gasteiger partial charge is 0.314 e. The summed E-state index contributed by atoms with van der Waals surface area (Å²) < 4.78 is 5.11. The number of hydrogen-bond acceptors (Lipinski definition) is 4. The van der Waals surface area contributed by atoms with Crippen molar-refractivity contribution in [2.45, 2.75) is 19.8 Å². The Labute approximate surface area is 147 Å². The van der Waals surface area contributed by atoms with Crippen molar-refractivity contribution in [2.75, 3.05) is 20.2 Å². The first kappa shape index (κ1) is 18.4. The minimum absolute atomic E-state index is 0.134. The normalized spacial score (nSPS) is 10.3. The van der Waals surface area contributed by atoms with E-state index in [0.29, 0.717) is 19.5 Å². The number of carbonyl (C=O) groups excluding carboxylic acids is 1. The van der Waals surface area contributed by atoms with Gasteiger partial charge in [-0.15, -0.1) is 0 Å². The average Bonchev–Trinajstić information content (AvgIpc) is 2.60. The van der Waals surface area contributed by atoms with Gasteiger partial charge in [-0.1, -0.05) is 12.1 Å². The molecule has 0 fully saturated rings. The number of phenols is 2. The summed E-state index contributed by atoms with van der Waals surface area (Å²) in [5.41, 5.74) is 2.88. The lowest BCUT2D eigenvalue weighted by Gasteiger charge is -2.10. The number of amides is 2. The van der Waals surface area contributed by atoms with Gasteiger partial charge in [-0.25, -0.2) is 4.79 Å². The fourth-order valence-electron chi connectivity index (χ4n) is 2.48. The number of urea groups is 1. The number of nitrogens with one attached hydrogen (secondary N) is 2. The van der Waals surface area contributed by atoms with Gasteiger partial charge in [0.25, 0.3) is 0 Å². The number of ether oxygens (including phenoxy) is 1. The van der Waals surface area contributed by atoms with Crippen molar-refractivity contribution in [3.05, 3.63) is 53.1 Å². The number of benzene rings is 2. The van der Waals surface area contributed by atoms with Crippen LogP contribution in [0.25, 0.3) is 0 Å². The van der Waals surface area contributed by atoms with E-state index in [1.807, 2.05) is 31.2 Å². The van der Waals surface area contributed by atoms with Crippen molar-refractivity contribution in [1.82, 2.24) is 10.6 Å². The van der Waals surface area contributed by atoms with E-state index in [1.54, 1.807) is 7.11 Å². The summed E-state index contributed by atoms with van der Waals surface area (Å²) in [6.07, 6.45) is 1.31. The van der Waals surface area contributed by atoms with E-state index >= 15 is 0 Å². The minimum Gasteiger partial charge on any atom is -0.504 e. The molecule has 6 nitrogen and oxygen atoms in total. The van der Waals surface area contributed by atoms with Gasteiger partial charge in [0.1, 0.15) is 5.75 Å². The third-order valence-corrected chi connectivity index (χ3v) is 3.97. The number of rotatable bonds is 7. The molecule has 6 heteroatoms. The van der Waals surface area contributed by atoms with Crippen molar-refractivity contribution in [1.29, 1.82) is 0 Å². The van der Waals surface area contributed by atoms with Gasteiger partial charge in [-0.05, 0) is 60.7 Å². The number of aryl methyl sites for hydroxylation is 1. The highest BCUT2D eigenvalue weighted by Gasteiger charge is 2.06. The van der Waals surface area contributed by atoms with Gasteiger partial charge in [-0.3, -0.25) is 0 Å². The Morgan fingerprint density at radius 1 is 1.00 bits per heavy atom. The number of phenolic OH excluding ortho intramolecular Hbond substituents is 2. The van der Waals surface area contributed by atoms with E-state index in [4.69, 9.17) is 4.74 Å². The monoisotopic (exact) mass is 344 g/mol. The van der Waals surface area contributed by atoms with Crippen LogP contribution in [0.4, 0.5) is 4.79 Å². The van der Waals surface area contributed by atoms with Gasteiger partial charge < -0.3 is 25.6 Å². The molecule has 0 atom stereocenters. The Morgan fingerprint density at radius 2 is 1.60 bits per heavy atom. The Hall–Kier alpha value is -2.89. The number of carbonyl (C=O) groups is 1. The molecule has 0 radical (unpaired) electrons. The van der Waals surface area contributed by atoms with Crippen molar-refractivity contribution in [3.8, 4) is 17.2 Å². The van der Waals surface area contributed by atoms with E-state index in [1.165, 1.54) is 12.1 Å². The standard InChI is InChI=1S/C19H24N2O4/c1-13-11-17(22)18(23)12-15(13)8-10-21-19(24)20-9-7-14-3-5-16(25-2)6-4-14/h3-6,11-12,22-23H,7-10H2,1-2H3,(H2,20,21,24). The zero-order valence-electron chi connectivity index (χ0n) is 14.5. The molecule has 0 aliphatic heterocycles. The van der Waals surface area contributed by atoms with Crippen LogP contribution in [-0.4, -0.2) is 36.4 Å². The fraction of sp³-hybridized carbons (Fsp3) is 0.316. The van der Waals surface area contributed by atoms with Gasteiger partial charge >= 0.3 is 6.03 Å². The summed E-state index contributed by atoms with van der Waals surface area (Å²) >= 11 is 0. The molecule has 25 heavy (non-hydrogen) atoms. The maximum absolute atomic E-state index is 11.8. The predicted molar refractivity (Wildman–Crippen MR) is 96.3 cm³/mol.